The topological polar surface area (TPSA) is 88.2 Å². The van der Waals surface area contributed by atoms with Gasteiger partial charge in [-0.05, 0) is 49.0 Å². The third kappa shape index (κ3) is 5.17. The molecule has 0 atom stereocenters. The molecule has 0 aliphatic rings. The number of nitriles is 1. The number of hydrogen-bond donors (Lipinski definition) is 1. The minimum absolute atomic E-state index is 0.266. The number of benzene rings is 3. The largest absolute Gasteiger partial charge is 0.490 e. The average molecular weight is 456 g/mol. The van der Waals surface area contributed by atoms with Crippen molar-refractivity contribution in [1.82, 2.24) is 14.9 Å². The van der Waals surface area contributed by atoms with Crippen molar-refractivity contribution in [2.45, 2.75) is 13.5 Å². The van der Waals surface area contributed by atoms with Crippen molar-refractivity contribution in [3.8, 4) is 29.0 Å². The molecule has 0 radical (unpaired) electrons. The highest BCUT2D eigenvalue weighted by Crippen LogP contribution is 2.29. The number of nitrogens with zero attached hydrogens (tertiary/aromatic N) is 4. The van der Waals surface area contributed by atoms with Crippen molar-refractivity contribution in [2.75, 3.05) is 6.61 Å². The number of hydrogen-bond acceptors (Lipinski definition) is 6. The van der Waals surface area contributed by atoms with E-state index in [4.69, 9.17) is 21.7 Å². The van der Waals surface area contributed by atoms with Gasteiger partial charge in [0.25, 0.3) is 0 Å². The molecule has 0 saturated heterocycles. The Morgan fingerprint density at radius 2 is 1.85 bits per heavy atom. The van der Waals surface area contributed by atoms with E-state index in [0.29, 0.717) is 34.3 Å². The van der Waals surface area contributed by atoms with Gasteiger partial charge in [-0.3, -0.25) is 0 Å². The van der Waals surface area contributed by atoms with Crippen LogP contribution in [0, 0.1) is 16.1 Å². The van der Waals surface area contributed by atoms with E-state index in [2.05, 4.69) is 21.4 Å². The molecular weight excluding hydrogens is 434 g/mol. The molecule has 1 heterocycles. The third-order valence-corrected chi connectivity index (χ3v) is 5.06. The second kappa shape index (κ2) is 10.4. The number of rotatable bonds is 8. The van der Waals surface area contributed by atoms with Crippen LogP contribution in [-0.2, 0) is 6.61 Å². The van der Waals surface area contributed by atoms with Gasteiger partial charge in [0.1, 0.15) is 6.61 Å². The predicted octanol–water partition coefficient (Wildman–Crippen LogP) is 5.34. The molecule has 4 rings (SSSR count). The van der Waals surface area contributed by atoms with E-state index in [0.717, 1.165) is 16.7 Å². The Bertz CT molecular complexity index is 1370. The fourth-order valence-electron chi connectivity index (χ4n) is 3.20. The smallest absolute Gasteiger partial charge is 0.216 e. The molecule has 1 N–H and O–H groups in total. The predicted molar refractivity (Wildman–Crippen MR) is 129 cm³/mol. The second-order valence-electron chi connectivity index (χ2n) is 6.97. The van der Waals surface area contributed by atoms with Crippen LogP contribution in [0.2, 0.25) is 0 Å². The molecule has 0 amide bonds. The summed E-state index contributed by atoms with van der Waals surface area (Å²) in [6.07, 6.45) is 1.69. The summed E-state index contributed by atoms with van der Waals surface area (Å²) in [5.41, 5.74) is 3.12. The van der Waals surface area contributed by atoms with E-state index in [1.54, 1.807) is 17.0 Å². The molecule has 0 saturated carbocycles. The van der Waals surface area contributed by atoms with Crippen LogP contribution in [0.15, 0.2) is 77.9 Å². The minimum atomic E-state index is 0.266. The summed E-state index contributed by atoms with van der Waals surface area (Å²) in [5, 5.41) is 20.9. The zero-order valence-electron chi connectivity index (χ0n) is 17.9. The van der Waals surface area contributed by atoms with Gasteiger partial charge in [0.2, 0.25) is 4.77 Å². The van der Waals surface area contributed by atoms with Crippen molar-refractivity contribution in [2.24, 2.45) is 5.10 Å². The van der Waals surface area contributed by atoms with Crippen molar-refractivity contribution >= 4 is 18.4 Å². The molecule has 7 nitrogen and oxygen atoms in total. The monoisotopic (exact) mass is 455 g/mol. The van der Waals surface area contributed by atoms with Crippen LogP contribution in [0.4, 0.5) is 0 Å². The van der Waals surface area contributed by atoms with Crippen LogP contribution >= 0.6 is 12.2 Å². The zero-order chi connectivity index (χ0) is 23.0. The Hall–Kier alpha value is -4.22. The molecule has 0 aliphatic carbocycles. The fourth-order valence-corrected chi connectivity index (χ4v) is 3.38. The van der Waals surface area contributed by atoms with Crippen LogP contribution in [0.25, 0.3) is 11.4 Å². The van der Waals surface area contributed by atoms with Gasteiger partial charge in [-0.25, -0.2) is 5.10 Å². The molecule has 0 bridgehead atoms. The first-order valence-corrected chi connectivity index (χ1v) is 10.7. The molecule has 0 aliphatic heterocycles. The van der Waals surface area contributed by atoms with E-state index in [1.165, 1.54) is 0 Å². The van der Waals surface area contributed by atoms with Gasteiger partial charge < -0.3 is 9.47 Å². The lowest BCUT2D eigenvalue weighted by atomic mass is 10.1. The van der Waals surface area contributed by atoms with E-state index in [9.17, 15) is 5.26 Å². The quantitative estimate of drug-likeness (QED) is 0.286. The number of aromatic amines is 1. The third-order valence-electron chi connectivity index (χ3n) is 4.79. The second-order valence-corrected chi connectivity index (χ2v) is 7.36. The molecule has 3 aromatic carbocycles. The van der Waals surface area contributed by atoms with Crippen LogP contribution < -0.4 is 9.47 Å². The van der Waals surface area contributed by atoms with Gasteiger partial charge in [0, 0.05) is 11.1 Å². The van der Waals surface area contributed by atoms with Gasteiger partial charge in [-0.2, -0.15) is 20.1 Å². The van der Waals surface area contributed by atoms with Crippen molar-refractivity contribution in [3.63, 3.8) is 0 Å². The zero-order valence-corrected chi connectivity index (χ0v) is 18.7. The van der Waals surface area contributed by atoms with Gasteiger partial charge in [-0.1, -0.05) is 48.5 Å². The molecular formula is C25H21N5O2S. The lowest BCUT2D eigenvalue weighted by Gasteiger charge is -2.13. The SMILES string of the molecule is CCOc1cc(/C=N\n2c(-c3ccccc3)n[nH]c2=S)ccc1OCc1ccccc1C#N. The van der Waals surface area contributed by atoms with Crippen LogP contribution in [0.1, 0.15) is 23.6 Å². The molecule has 0 unspecified atom stereocenters. The average Bonchev–Trinajstić information content (AvgIpc) is 3.23. The first-order valence-electron chi connectivity index (χ1n) is 10.3. The van der Waals surface area contributed by atoms with Crippen molar-refractivity contribution < 1.29 is 9.47 Å². The maximum atomic E-state index is 9.28. The van der Waals surface area contributed by atoms with Crippen LogP contribution in [0.5, 0.6) is 11.5 Å². The molecule has 164 valence electrons. The Kier molecular flexibility index (Phi) is 6.93. The van der Waals surface area contributed by atoms with Crippen molar-refractivity contribution in [1.29, 1.82) is 5.26 Å². The molecule has 8 heteroatoms. The number of aromatic nitrogens is 3. The van der Waals surface area contributed by atoms with Crippen LogP contribution in [-0.4, -0.2) is 27.7 Å². The van der Waals surface area contributed by atoms with E-state index < -0.39 is 0 Å². The van der Waals surface area contributed by atoms with E-state index in [-0.39, 0.29) is 6.61 Å². The first kappa shape index (κ1) is 22.0. The highest BCUT2D eigenvalue weighted by molar-refractivity contribution is 7.71. The molecule has 1 aromatic heterocycles. The maximum absolute atomic E-state index is 9.28. The van der Waals surface area contributed by atoms with Gasteiger partial charge in [0.05, 0.1) is 24.5 Å². The maximum Gasteiger partial charge on any atom is 0.216 e. The normalized spacial score (nSPS) is 10.8. The Morgan fingerprint density at radius 3 is 2.64 bits per heavy atom. The van der Waals surface area contributed by atoms with Gasteiger partial charge in [-0.15, -0.1) is 0 Å². The Balaban J connectivity index is 1.57. The Labute approximate surface area is 196 Å². The van der Waals surface area contributed by atoms with Crippen LogP contribution in [0.3, 0.4) is 0 Å². The van der Waals surface area contributed by atoms with Crippen molar-refractivity contribution in [3.05, 3.63) is 94.3 Å². The highest BCUT2D eigenvalue weighted by atomic mass is 32.1. The van der Waals surface area contributed by atoms with Gasteiger partial charge >= 0.3 is 0 Å². The number of ether oxygens (including phenoxy) is 2. The molecule has 33 heavy (non-hydrogen) atoms. The lowest BCUT2D eigenvalue weighted by Crippen LogP contribution is -2.02. The standard InChI is InChI=1S/C25H21N5O2S/c1-2-31-23-14-18(12-13-22(23)32-17-21-11-7-6-10-20(21)15-26)16-27-30-24(28-29-25(30)33)19-8-4-3-5-9-19/h3-14,16H,2,17H2,1H3,(H,29,33)/b27-16-. The molecule has 0 spiro atoms. The summed E-state index contributed by atoms with van der Waals surface area (Å²) in [7, 11) is 0. The highest BCUT2D eigenvalue weighted by Gasteiger charge is 2.10. The molecule has 0 fully saturated rings. The Morgan fingerprint density at radius 1 is 1.06 bits per heavy atom. The lowest BCUT2D eigenvalue weighted by molar-refractivity contribution is 0.269. The minimum Gasteiger partial charge on any atom is -0.490 e. The van der Waals surface area contributed by atoms with Gasteiger partial charge in [0.15, 0.2) is 17.3 Å². The molecule has 4 aromatic rings. The van der Waals surface area contributed by atoms with E-state index >= 15 is 0 Å². The summed E-state index contributed by atoms with van der Waals surface area (Å²) >= 11 is 5.34. The summed E-state index contributed by atoms with van der Waals surface area (Å²) in [4.78, 5) is 0. The summed E-state index contributed by atoms with van der Waals surface area (Å²) in [6, 6.07) is 24.8. The number of nitrogens with one attached hydrogen (secondary N) is 1. The first-order chi connectivity index (χ1) is 16.2. The summed E-state index contributed by atoms with van der Waals surface area (Å²) in [5.74, 6) is 1.81. The fraction of sp³-hybridized carbons (Fsp3) is 0.120. The number of H-pyrrole nitrogens is 1. The summed E-state index contributed by atoms with van der Waals surface area (Å²) in [6.45, 7) is 2.66. The summed E-state index contributed by atoms with van der Waals surface area (Å²) < 4.78 is 13.7. The van der Waals surface area contributed by atoms with E-state index in [1.807, 2.05) is 73.7 Å².